The lowest BCUT2D eigenvalue weighted by atomic mass is 10.2. The molecule has 0 heterocycles. The Morgan fingerprint density at radius 3 is 2.65 bits per heavy atom. The molecule has 0 saturated heterocycles. The minimum Gasteiger partial charge on any atom is -0.360 e. The predicted molar refractivity (Wildman–Crippen MR) is 75.9 cm³/mol. The summed E-state index contributed by atoms with van der Waals surface area (Å²) in [5, 5.41) is 4.33. The summed E-state index contributed by atoms with van der Waals surface area (Å²) in [6, 6.07) is 11.2. The van der Waals surface area contributed by atoms with E-state index in [-0.39, 0.29) is 0 Å². The van der Waals surface area contributed by atoms with Crippen LogP contribution in [-0.4, -0.2) is 22.6 Å². The molecule has 1 saturated carbocycles. The summed E-state index contributed by atoms with van der Waals surface area (Å²) in [4.78, 5) is 2.27. The summed E-state index contributed by atoms with van der Waals surface area (Å²) in [6.45, 7) is 4.12. The molecule has 0 radical (unpaired) electrons. The Balaban J connectivity index is 1.93. The molecule has 0 spiro atoms. The molecule has 1 aliphatic carbocycles. The van der Waals surface area contributed by atoms with Crippen LogP contribution in [0.25, 0.3) is 0 Å². The standard InChI is InChI=1S/C14H20N2S/c1-2-10-16(14(17)15-13-8-9-13)11-12-6-4-3-5-7-12/h3-7,13H,2,8-11H2,1H3,(H,15,17). The van der Waals surface area contributed by atoms with Gasteiger partial charge in [0.25, 0.3) is 0 Å². The SMILES string of the molecule is CCCN(Cc1ccccc1)C(=S)NC1CC1. The van der Waals surface area contributed by atoms with E-state index >= 15 is 0 Å². The second-order valence-electron chi connectivity index (χ2n) is 4.63. The Kier molecular flexibility index (Phi) is 4.37. The zero-order chi connectivity index (χ0) is 12.1. The molecule has 2 nitrogen and oxygen atoms in total. The molecule has 1 aliphatic rings. The minimum atomic E-state index is 0.637. The van der Waals surface area contributed by atoms with E-state index in [1.807, 2.05) is 0 Å². The predicted octanol–water partition coefficient (Wildman–Crippen LogP) is 2.94. The summed E-state index contributed by atoms with van der Waals surface area (Å²) in [5.74, 6) is 0. The van der Waals surface area contributed by atoms with Crippen LogP contribution in [0.15, 0.2) is 30.3 Å². The molecule has 2 rings (SSSR count). The van der Waals surface area contributed by atoms with Gasteiger partial charge in [-0.3, -0.25) is 0 Å². The van der Waals surface area contributed by atoms with E-state index in [1.54, 1.807) is 0 Å². The minimum absolute atomic E-state index is 0.637. The Hall–Kier alpha value is -1.09. The lowest BCUT2D eigenvalue weighted by molar-refractivity contribution is 0.404. The third-order valence-electron chi connectivity index (χ3n) is 2.90. The van der Waals surface area contributed by atoms with Gasteiger partial charge < -0.3 is 10.2 Å². The van der Waals surface area contributed by atoms with E-state index in [2.05, 4.69) is 47.5 Å². The van der Waals surface area contributed by atoms with E-state index in [9.17, 15) is 0 Å². The summed E-state index contributed by atoms with van der Waals surface area (Å²) in [7, 11) is 0. The summed E-state index contributed by atoms with van der Waals surface area (Å²) >= 11 is 5.47. The van der Waals surface area contributed by atoms with Crippen LogP contribution in [-0.2, 0) is 6.54 Å². The molecule has 17 heavy (non-hydrogen) atoms. The van der Waals surface area contributed by atoms with Crippen molar-refractivity contribution in [3.63, 3.8) is 0 Å². The fraction of sp³-hybridized carbons (Fsp3) is 0.500. The molecule has 0 aliphatic heterocycles. The van der Waals surface area contributed by atoms with Crippen molar-refractivity contribution in [2.75, 3.05) is 6.54 Å². The van der Waals surface area contributed by atoms with Crippen LogP contribution in [0.5, 0.6) is 0 Å². The van der Waals surface area contributed by atoms with Crippen molar-refractivity contribution in [2.24, 2.45) is 0 Å². The molecule has 1 fully saturated rings. The molecule has 3 heteroatoms. The fourth-order valence-electron chi connectivity index (χ4n) is 1.82. The zero-order valence-corrected chi connectivity index (χ0v) is 11.2. The van der Waals surface area contributed by atoms with E-state index in [0.717, 1.165) is 24.6 Å². The molecule has 1 N–H and O–H groups in total. The lowest BCUT2D eigenvalue weighted by Crippen LogP contribution is -2.40. The van der Waals surface area contributed by atoms with Gasteiger partial charge in [-0.15, -0.1) is 0 Å². The van der Waals surface area contributed by atoms with Crippen molar-refractivity contribution in [1.82, 2.24) is 10.2 Å². The van der Waals surface area contributed by atoms with Gasteiger partial charge in [0.2, 0.25) is 0 Å². The molecular weight excluding hydrogens is 228 g/mol. The number of hydrogen-bond acceptors (Lipinski definition) is 1. The average Bonchev–Trinajstić information content (AvgIpc) is 3.14. The second-order valence-corrected chi connectivity index (χ2v) is 5.02. The lowest BCUT2D eigenvalue weighted by Gasteiger charge is -2.25. The molecule has 0 atom stereocenters. The van der Waals surface area contributed by atoms with Gasteiger partial charge in [0.15, 0.2) is 5.11 Å². The third-order valence-corrected chi connectivity index (χ3v) is 3.28. The second kappa shape index (κ2) is 6.01. The zero-order valence-electron chi connectivity index (χ0n) is 10.4. The maximum Gasteiger partial charge on any atom is 0.169 e. The van der Waals surface area contributed by atoms with Crippen LogP contribution in [0.1, 0.15) is 31.7 Å². The van der Waals surface area contributed by atoms with Gasteiger partial charge in [-0.25, -0.2) is 0 Å². The summed E-state index contributed by atoms with van der Waals surface area (Å²) < 4.78 is 0. The first-order chi connectivity index (χ1) is 8.29. The molecule has 0 bridgehead atoms. The number of hydrogen-bond donors (Lipinski definition) is 1. The van der Waals surface area contributed by atoms with Gasteiger partial charge in [0.1, 0.15) is 0 Å². The maximum atomic E-state index is 5.47. The monoisotopic (exact) mass is 248 g/mol. The Morgan fingerprint density at radius 2 is 2.06 bits per heavy atom. The van der Waals surface area contributed by atoms with Gasteiger partial charge >= 0.3 is 0 Å². The number of nitrogens with zero attached hydrogens (tertiary/aromatic N) is 1. The van der Waals surface area contributed by atoms with Crippen LogP contribution >= 0.6 is 12.2 Å². The highest BCUT2D eigenvalue weighted by molar-refractivity contribution is 7.80. The molecule has 0 aromatic heterocycles. The number of thiocarbonyl (C=S) groups is 1. The normalized spacial score (nSPS) is 14.4. The number of rotatable bonds is 5. The number of benzene rings is 1. The van der Waals surface area contributed by atoms with Gasteiger partial charge in [-0.05, 0) is 37.0 Å². The molecule has 0 unspecified atom stereocenters. The first-order valence-corrected chi connectivity index (χ1v) is 6.79. The van der Waals surface area contributed by atoms with Crippen molar-refractivity contribution >= 4 is 17.3 Å². The topological polar surface area (TPSA) is 15.3 Å². The van der Waals surface area contributed by atoms with Gasteiger partial charge in [0.05, 0.1) is 0 Å². The summed E-state index contributed by atoms with van der Waals surface area (Å²) in [5.41, 5.74) is 1.32. The molecule has 1 aromatic carbocycles. The first-order valence-electron chi connectivity index (χ1n) is 6.39. The first kappa shape index (κ1) is 12.4. The van der Waals surface area contributed by atoms with E-state index < -0.39 is 0 Å². The van der Waals surface area contributed by atoms with E-state index in [1.165, 1.54) is 18.4 Å². The quantitative estimate of drug-likeness (QED) is 0.807. The van der Waals surface area contributed by atoms with Crippen LogP contribution in [0.3, 0.4) is 0 Å². The summed E-state index contributed by atoms with van der Waals surface area (Å²) in [6.07, 6.45) is 3.66. The maximum absolute atomic E-state index is 5.47. The smallest absolute Gasteiger partial charge is 0.169 e. The van der Waals surface area contributed by atoms with Crippen molar-refractivity contribution in [3.8, 4) is 0 Å². The Bertz CT molecular complexity index is 360. The molecule has 1 aromatic rings. The van der Waals surface area contributed by atoms with Gasteiger partial charge in [-0.2, -0.15) is 0 Å². The van der Waals surface area contributed by atoms with Crippen molar-refractivity contribution in [1.29, 1.82) is 0 Å². The van der Waals surface area contributed by atoms with Crippen LogP contribution in [0, 0.1) is 0 Å². The highest BCUT2D eigenvalue weighted by Gasteiger charge is 2.23. The highest BCUT2D eigenvalue weighted by Crippen LogP contribution is 2.19. The number of nitrogens with one attached hydrogen (secondary N) is 1. The molecular formula is C14H20N2S. The molecule has 92 valence electrons. The average molecular weight is 248 g/mol. The Morgan fingerprint density at radius 1 is 1.35 bits per heavy atom. The highest BCUT2D eigenvalue weighted by atomic mass is 32.1. The third kappa shape index (κ3) is 4.00. The van der Waals surface area contributed by atoms with Gasteiger partial charge in [0, 0.05) is 19.1 Å². The fourth-order valence-corrected chi connectivity index (χ4v) is 2.14. The van der Waals surface area contributed by atoms with Gasteiger partial charge in [-0.1, -0.05) is 37.3 Å². The van der Waals surface area contributed by atoms with E-state index in [0.29, 0.717) is 6.04 Å². The van der Waals surface area contributed by atoms with Crippen LogP contribution < -0.4 is 5.32 Å². The van der Waals surface area contributed by atoms with Crippen molar-refractivity contribution in [3.05, 3.63) is 35.9 Å². The van der Waals surface area contributed by atoms with E-state index in [4.69, 9.17) is 12.2 Å². The van der Waals surface area contributed by atoms with Crippen LogP contribution in [0.4, 0.5) is 0 Å². The van der Waals surface area contributed by atoms with Crippen LogP contribution in [0.2, 0.25) is 0 Å². The largest absolute Gasteiger partial charge is 0.360 e. The molecule has 0 amide bonds. The van der Waals surface area contributed by atoms with Crippen molar-refractivity contribution < 1.29 is 0 Å². The Labute approximate surface area is 109 Å². The van der Waals surface area contributed by atoms with Crippen molar-refractivity contribution in [2.45, 2.75) is 38.8 Å².